The number of nitrogens with one attached hydrogen (secondary N) is 1. The Kier molecular flexibility index (Phi) is 4.74. The van der Waals surface area contributed by atoms with E-state index in [1.165, 1.54) is 0 Å². The molecular weight excluding hydrogens is 202 g/mol. The van der Waals surface area contributed by atoms with E-state index in [9.17, 15) is 4.79 Å². The molecule has 0 aliphatic carbocycles. The molecule has 0 radical (unpaired) electrons. The van der Waals surface area contributed by atoms with Crippen LogP contribution in [-0.4, -0.2) is 62.0 Å². The molecule has 1 fully saturated rings. The van der Waals surface area contributed by atoms with Gasteiger partial charge in [0.25, 0.3) is 0 Å². The smallest absolute Gasteiger partial charge is 0.242 e. The average Bonchev–Trinajstić information content (AvgIpc) is 2.74. The lowest BCUT2D eigenvalue weighted by Crippen LogP contribution is -2.54. The number of rotatable bonds is 5. The van der Waals surface area contributed by atoms with Gasteiger partial charge in [-0.2, -0.15) is 0 Å². The summed E-state index contributed by atoms with van der Waals surface area (Å²) in [6, 6.07) is 0. The number of carbonyl (C=O) groups is 1. The molecule has 1 heterocycles. The number of nitrogens with zero attached hydrogens (tertiary/aromatic N) is 2. The van der Waals surface area contributed by atoms with E-state index in [0.717, 1.165) is 38.9 Å². The summed E-state index contributed by atoms with van der Waals surface area (Å²) in [6.07, 6.45) is 2.98. The number of amides is 1. The minimum atomic E-state index is -0.277. The van der Waals surface area contributed by atoms with Crippen LogP contribution >= 0.6 is 0 Å². The van der Waals surface area contributed by atoms with Crippen LogP contribution in [0.5, 0.6) is 0 Å². The topological polar surface area (TPSA) is 35.6 Å². The minimum absolute atomic E-state index is 0.259. The summed E-state index contributed by atoms with van der Waals surface area (Å²) < 4.78 is 0. The van der Waals surface area contributed by atoms with Gasteiger partial charge in [0.1, 0.15) is 0 Å². The van der Waals surface area contributed by atoms with Crippen LogP contribution in [0.25, 0.3) is 0 Å². The molecule has 0 spiro atoms. The fourth-order valence-electron chi connectivity index (χ4n) is 2.26. The van der Waals surface area contributed by atoms with Gasteiger partial charge in [-0.05, 0) is 39.9 Å². The Morgan fingerprint density at radius 1 is 1.31 bits per heavy atom. The van der Waals surface area contributed by atoms with Crippen LogP contribution in [0.2, 0.25) is 0 Å². The first-order valence-electron chi connectivity index (χ1n) is 6.17. The highest BCUT2D eigenvalue weighted by molar-refractivity contribution is 5.86. The molecule has 1 atom stereocenters. The van der Waals surface area contributed by atoms with Gasteiger partial charge >= 0.3 is 0 Å². The van der Waals surface area contributed by atoms with Gasteiger partial charge in [-0.3, -0.25) is 4.79 Å². The zero-order valence-electron chi connectivity index (χ0n) is 11.0. The van der Waals surface area contributed by atoms with E-state index >= 15 is 0 Å². The number of likely N-dealkylation sites (N-methyl/N-ethyl adjacent to an activating group) is 2. The van der Waals surface area contributed by atoms with Crippen molar-refractivity contribution in [2.75, 3.05) is 40.8 Å². The molecule has 16 heavy (non-hydrogen) atoms. The molecule has 1 N–H and O–H groups in total. The fraction of sp³-hybridized carbons (Fsp3) is 0.917. The summed E-state index contributed by atoms with van der Waals surface area (Å²) in [5.41, 5.74) is -0.277. The van der Waals surface area contributed by atoms with Gasteiger partial charge in [0.05, 0.1) is 5.54 Å². The van der Waals surface area contributed by atoms with Gasteiger partial charge in [0.15, 0.2) is 0 Å². The third-order valence-electron chi connectivity index (χ3n) is 3.49. The summed E-state index contributed by atoms with van der Waals surface area (Å²) in [7, 11) is 5.96. The van der Waals surface area contributed by atoms with Crippen molar-refractivity contribution in [3.05, 3.63) is 0 Å². The molecule has 0 aromatic rings. The zero-order chi connectivity index (χ0) is 12.2. The van der Waals surface area contributed by atoms with Crippen LogP contribution < -0.4 is 5.32 Å². The van der Waals surface area contributed by atoms with Crippen molar-refractivity contribution in [3.63, 3.8) is 0 Å². The van der Waals surface area contributed by atoms with Gasteiger partial charge < -0.3 is 15.1 Å². The standard InChI is InChI=1S/C12H25N3O/c1-5-12(7-6-8-13-12)11(16)15(4)10-9-14(2)3/h13H,5-10H2,1-4H3. The minimum Gasteiger partial charge on any atom is -0.343 e. The van der Waals surface area contributed by atoms with Gasteiger partial charge in [0, 0.05) is 20.1 Å². The molecule has 4 nitrogen and oxygen atoms in total. The van der Waals surface area contributed by atoms with Crippen molar-refractivity contribution in [2.24, 2.45) is 0 Å². The molecule has 1 aliphatic heterocycles. The van der Waals surface area contributed by atoms with E-state index in [0.29, 0.717) is 0 Å². The number of hydrogen-bond donors (Lipinski definition) is 1. The fourth-order valence-corrected chi connectivity index (χ4v) is 2.26. The van der Waals surface area contributed by atoms with E-state index in [2.05, 4.69) is 17.1 Å². The Morgan fingerprint density at radius 2 is 2.00 bits per heavy atom. The lowest BCUT2D eigenvalue weighted by molar-refractivity contribution is -0.136. The van der Waals surface area contributed by atoms with E-state index < -0.39 is 0 Å². The van der Waals surface area contributed by atoms with Crippen molar-refractivity contribution in [3.8, 4) is 0 Å². The Hall–Kier alpha value is -0.610. The van der Waals surface area contributed by atoms with Crippen molar-refractivity contribution in [1.82, 2.24) is 15.1 Å². The van der Waals surface area contributed by atoms with Gasteiger partial charge in [-0.25, -0.2) is 0 Å². The maximum atomic E-state index is 12.4. The Balaban J connectivity index is 2.54. The van der Waals surface area contributed by atoms with Crippen LogP contribution in [0.1, 0.15) is 26.2 Å². The summed E-state index contributed by atoms with van der Waals surface area (Å²) in [5.74, 6) is 0.259. The molecule has 1 saturated heterocycles. The monoisotopic (exact) mass is 227 g/mol. The first-order chi connectivity index (χ1) is 7.52. The van der Waals surface area contributed by atoms with E-state index in [1.54, 1.807) is 0 Å². The van der Waals surface area contributed by atoms with Crippen LogP contribution in [0.4, 0.5) is 0 Å². The molecular formula is C12H25N3O. The first kappa shape index (κ1) is 13.5. The zero-order valence-corrected chi connectivity index (χ0v) is 11.0. The predicted octanol–water partition coefficient (Wildman–Crippen LogP) is 0.539. The molecule has 0 saturated carbocycles. The van der Waals surface area contributed by atoms with E-state index in [4.69, 9.17) is 0 Å². The quantitative estimate of drug-likeness (QED) is 0.744. The normalized spacial score (nSPS) is 25.1. The molecule has 1 amide bonds. The highest BCUT2D eigenvalue weighted by atomic mass is 16.2. The Labute approximate surface area is 99.0 Å². The molecule has 4 heteroatoms. The third-order valence-corrected chi connectivity index (χ3v) is 3.49. The van der Waals surface area contributed by atoms with E-state index in [1.807, 2.05) is 26.0 Å². The molecule has 1 rings (SSSR count). The summed E-state index contributed by atoms with van der Waals surface area (Å²) in [4.78, 5) is 16.3. The second kappa shape index (κ2) is 5.64. The van der Waals surface area contributed by atoms with E-state index in [-0.39, 0.29) is 11.4 Å². The second-order valence-electron chi connectivity index (χ2n) is 5.00. The highest BCUT2D eigenvalue weighted by Gasteiger charge is 2.40. The maximum Gasteiger partial charge on any atom is 0.242 e. The molecule has 1 unspecified atom stereocenters. The molecule has 0 bridgehead atoms. The average molecular weight is 227 g/mol. The van der Waals surface area contributed by atoms with Gasteiger partial charge in [-0.1, -0.05) is 6.92 Å². The lowest BCUT2D eigenvalue weighted by Gasteiger charge is -2.32. The van der Waals surface area contributed by atoms with Crippen molar-refractivity contribution in [2.45, 2.75) is 31.7 Å². The van der Waals surface area contributed by atoms with Crippen molar-refractivity contribution in [1.29, 1.82) is 0 Å². The van der Waals surface area contributed by atoms with Gasteiger partial charge in [0.2, 0.25) is 5.91 Å². The summed E-state index contributed by atoms with van der Waals surface area (Å²) >= 11 is 0. The van der Waals surface area contributed by atoms with Crippen LogP contribution in [0.3, 0.4) is 0 Å². The van der Waals surface area contributed by atoms with Gasteiger partial charge in [-0.15, -0.1) is 0 Å². The van der Waals surface area contributed by atoms with Crippen LogP contribution in [0.15, 0.2) is 0 Å². The maximum absolute atomic E-state index is 12.4. The highest BCUT2D eigenvalue weighted by Crippen LogP contribution is 2.24. The SMILES string of the molecule is CCC1(C(=O)N(C)CCN(C)C)CCCN1. The van der Waals surface area contributed by atoms with Crippen molar-refractivity contribution >= 4 is 5.91 Å². The summed E-state index contributed by atoms with van der Waals surface area (Å²) in [6.45, 7) is 4.79. The van der Waals surface area contributed by atoms with Crippen molar-refractivity contribution < 1.29 is 4.79 Å². The van der Waals surface area contributed by atoms with Crippen LogP contribution in [0, 0.1) is 0 Å². The second-order valence-corrected chi connectivity index (χ2v) is 5.00. The lowest BCUT2D eigenvalue weighted by atomic mass is 9.92. The Bertz CT molecular complexity index is 234. The third kappa shape index (κ3) is 2.95. The molecule has 0 aromatic heterocycles. The number of hydrogen-bond acceptors (Lipinski definition) is 3. The number of carbonyl (C=O) groups excluding carboxylic acids is 1. The first-order valence-corrected chi connectivity index (χ1v) is 6.17. The predicted molar refractivity (Wildman–Crippen MR) is 66.4 cm³/mol. The Morgan fingerprint density at radius 3 is 2.44 bits per heavy atom. The molecule has 94 valence electrons. The molecule has 0 aromatic carbocycles. The largest absolute Gasteiger partial charge is 0.343 e. The molecule has 1 aliphatic rings. The summed E-state index contributed by atoms with van der Waals surface area (Å²) in [5, 5.41) is 3.38. The van der Waals surface area contributed by atoms with Crippen LogP contribution in [-0.2, 0) is 4.79 Å².